The molecule has 0 spiro atoms. The standard InChI is InChI=1S/C16H21NO/c1-4-6-7-12-8-9-15-13(10-12)16(18)11(3)14(5-2)17-15/h8-10H,4-7H2,1-3H3,(H,17,18). The zero-order valence-electron chi connectivity index (χ0n) is 11.5. The maximum absolute atomic E-state index is 12.3. The van der Waals surface area contributed by atoms with Crippen LogP contribution in [0.5, 0.6) is 0 Å². The second-order valence-corrected chi connectivity index (χ2v) is 4.89. The topological polar surface area (TPSA) is 32.9 Å². The van der Waals surface area contributed by atoms with Crippen molar-refractivity contribution in [3.63, 3.8) is 0 Å². The van der Waals surface area contributed by atoms with Gasteiger partial charge in [-0.05, 0) is 43.9 Å². The molecule has 0 saturated heterocycles. The van der Waals surface area contributed by atoms with E-state index in [0.717, 1.165) is 35.0 Å². The molecule has 0 unspecified atom stereocenters. The number of fused-ring (bicyclic) bond motifs is 1. The highest BCUT2D eigenvalue weighted by Gasteiger charge is 2.07. The van der Waals surface area contributed by atoms with Gasteiger partial charge in [0.15, 0.2) is 5.43 Å². The van der Waals surface area contributed by atoms with Crippen LogP contribution in [-0.4, -0.2) is 4.98 Å². The first kappa shape index (κ1) is 12.9. The van der Waals surface area contributed by atoms with Crippen LogP contribution < -0.4 is 5.43 Å². The average Bonchev–Trinajstić information content (AvgIpc) is 2.40. The van der Waals surface area contributed by atoms with Gasteiger partial charge in [0.2, 0.25) is 0 Å². The van der Waals surface area contributed by atoms with E-state index in [0.29, 0.717) is 0 Å². The van der Waals surface area contributed by atoms with Gasteiger partial charge in [-0.1, -0.05) is 26.3 Å². The Bertz CT molecular complexity index is 610. The molecule has 0 fully saturated rings. The Kier molecular flexibility index (Phi) is 3.85. The van der Waals surface area contributed by atoms with Crippen LogP contribution in [0.2, 0.25) is 0 Å². The Balaban J connectivity index is 2.56. The van der Waals surface area contributed by atoms with Gasteiger partial charge in [-0.2, -0.15) is 0 Å². The molecule has 96 valence electrons. The van der Waals surface area contributed by atoms with E-state index in [1.165, 1.54) is 18.4 Å². The Hall–Kier alpha value is -1.57. The molecular formula is C16H21NO. The molecule has 1 aromatic carbocycles. The maximum Gasteiger partial charge on any atom is 0.192 e. The second-order valence-electron chi connectivity index (χ2n) is 4.89. The van der Waals surface area contributed by atoms with Gasteiger partial charge in [-0.25, -0.2) is 0 Å². The fraction of sp³-hybridized carbons (Fsp3) is 0.438. The van der Waals surface area contributed by atoms with E-state index in [-0.39, 0.29) is 5.43 Å². The number of rotatable bonds is 4. The zero-order valence-corrected chi connectivity index (χ0v) is 11.5. The summed E-state index contributed by atoms with van der Waals surface area (Å²) >= 11 is 0. The number of benzene rings is 1. The van der Waals surface area contributed by atoms with Crippen molar-refractivity contribution in [2.24, 2.45) is 0 Å². The maximum atomic E-state index is 12.3. The summed E-state index contributed by atoms with van der Waals surface area (Å²) < 4.78 is 0. The number of hydrogen-bond acceptors (Lipinski definition) is 1. The molecule has 0 bridgehead atoms. The lowest BCUT2D eigenvalue weighted by molar-refractivity contribution is 0.796. The lowest BCUT2D eigenvalue weighted by Crippen LogP contribution is -2.11. The Labute approximate surface area is 108 Å². The van der Waals surface area contributed by atoms with Crippen molar-refractivity contribution in [2.45, 2.75) is 46.5 Å². The lowest BCUT2D eigenvalue weighted by atomic mass is 10.0. The van der Waals surface area contributed by atoms with Crippen molar-refractivity contribution in [1.82, 2.24) is 4.98 Å². The quantitative estimate of drug-likeness (QED) is 0.871. The first-order chi connectivity index (χ1) is 8.67. The highest BCUT2D eigenvalue weighted by molar-refractivity contribution is 5.80. The van der Waals surface area contributed by atoms with Crippen LogP contribution in [0.3, 0.4) is 0 Å². The molecule has 0 radical (unpaired) electrons. The number of aromatic nitrogens is 1. The minimum Gasteiger partial charge on any atom is -0.358 e. The minimum atomic E-state index is 0.180. The van der Waals surface area contributed by atoms with Crippen molar-refractivity contribution in [3.05, 3.63) is 45.2 Å². The minimum absolute atomic E-state index is 0.180. The van der Waals surface area contributed by atoms with Crippen LogP contribution in [0, 0.1) is 6.92 Å². The second kappa shape index (κ2) is 5.38. The summed E-state index contributed by atoms with van der Waals surface area (Å²) in [5.41, 5.74) is 4.31. The summed E-state index contributed by atoms with van der Waals surface area (Å²) in [6.07, 6.45) is 4.28. The third kappa shape index (κ3) is 2.33. The molecule has 2 aromatic rings. The molecule has 1 N–H and O–H groups in total. The predicted molar refractivity (Wildman–Crippen MR) is 77.3 cm³/mol. The molecule has 0 amide bonds. The summed E-state index contributed by atoms with van der Waals surface area (Å²) in [4.78, 5) is 15.7. The van der Waals surface area contributed by atoms with Crippen LogP contribution >= 0.6 is 0 Å². The Morgan fingerprint density at radius 3 is 2.67 bits per heavy atom. The summed E-state index contributed by atoms with van der Waals surface area (Å²) in [6, 6.07) is 6.22. The number of aryl methyl sites for hydroxylation is 2. The summed E-state index contributed by atoms with van der Waals surface area (Å²) in [5.74, 6) is 0. The number of H-pyrrole nitrogens is 1. The van der Waals surface area contributed by atoms with Crippen molar-refractivity contribution in [3.8, 4) is 0 Å². The smallest absolute Gasteiger partial charge is 0.192 e. The van der Waals surface area contributed by atoms with Gasteiger partial charge in [0.1, 0.15) is 0 Å². The third-order valence-corrected chi connectivity index (χ3v) is 3.58. The van der Waals surface area contributed by atoms with Crippen LogP contribution in [0.4, 0.5) is 0 Å². The van der Waals surface area contributed by atoms with Crippen molar-refractivity contribution in [2.75, 3.05) is 0 Å². The summed E-state index contributed by atoms with van der Waals surface area (Å²) in [7, 11) is 0. The van der Waals surface area contributed by atoms with Crippen LogP contribution in [0.25, 0.3) is 10.9 Å². The number of aromatic amines is 1. The van der Waals surface area contributed by atoms with Crippen LogP contribution in [-0.2, 0) is 12.8 Å². The molecular weight excluding hydrogens is 222 g/mol. The molecule has 2 heteroatoms. The van der Waals surface area contributed by atoms with Gasteiger partial charge < -0.3 is 4.98 Å². The molecule has 2 nitrogen and oxygen atoms in total. The van der Waals surface area contributed by atoms with E-state index >= 15 is 0 Å². The van der Waals surface area contributed by atoms with E-state index in [1.54, 1.807) is 0 Å². The average molecular weight is 243 g/mol. The van der Waals surface area contributed by atoms with Crippen LogP contribution in [0.15, 0.2) is 23.0 Å². The number of hydrogen-bond donors (Lipinski definition) is 1. The summed E-state index contributed by atoms with van der Waals surface area (Å²) in [6.45, 7) is 6.17. The Morgan fingerprint density at radius 1 is 1.22 bits per heavy atom. The molecule has 0 atom stereocenters. The van der Waals surface area contributed by atoms with E-state index in [9.17, 15) is 4.79 Å². The largest absolute Gasteiger partial charge is 0.358 e. The van der Waals surface area contributed by atoms with Gasteiger partial charge in [-0.3, -0.25) is 4.79 Å². The monoisotopic (exact) mass is 243 g/mol. The first-order valence-electron chi connectivity index (χ1n) is 6.81. The van der Waals surface area contributed by atoms with E-state index in [2.05, 4.69) is 31.0 Å². The van der Waals surface area contributed by atoms with Gasteiger partial charge in [-0.15, -0.1) is 0 Å². The number of nitrogens with one attached hydrogen (secondary N) is 1. The molecule has 0 aliphatic rings. The summed E-state index contributed by atoms with van der Waals surface area (Å²) in [5, 5.41) is 0.832. The molecule has 2 rings (SSSR count). The van der Waals surface area contributed by atoms with E-state index < -0.39 is 0 Å². The third-order valence-electron chi connectivity index (χ3n) is 3.58. The van der Waals surface area contributed by atoms with Gasteiger partial charge in [0.25, 0.3) is 0 Å². The van der Waals surface area contributed by atoms with E-state index in [1.807, 2.05) is 13.0 Å². The first-order valence-corrected chi connectivity index (χ1v) is 6.81. The zero-order chi connectivity index (χ0) is 13.1. The number of pyridine rings is 1. The lowest BCUT2D eigenvalue weighted by Gasteiger charge is -2.08. The molecule has 18 heavy (non-hydrogen) atoms. The number of unbranched alkanes of at least 4 members (excludes halogenated alkanes) is 1. The SMILES string of the molecule is CCCCc1ccc2[nH]c(CC)c(C)c(=O)c2c1. The van der Waals surface area contributed by atoms with E-state index in [4.69, 9.17) is 0 Å². The van der Waals surface area contributed by atoms with Crippen molar-refractivity contribution < 1.29 is 0 Å². The molecule has 0 saturated carbocycles. The normalized spacial score (nSPS) is 11.1. The van der Waals surface area contributed by atoms with Crippen molar-refractivity contribution >= 4 is 10.9 Å². The van der Waals surface area contributed by atoms with Crippen molar-refractivity contribution in [1.29, 1.82) is 0 Å². The van der Waals surface area contributed by atoms with Gasteiger partial charge in [0.05, 0.1) is 0 Å². The molecule has 1 heterocycles. The molecule has 1 aromatic heterocycles. The van der Waals surface area contributed by atoms with Gasteiger partial charge >= 0.3 is 0 Å². The molecule has 0 aliphatic carbocycles. The highest BCUT2D eigenvalue weighted by atomic mass is 16.1. The van der Waals surface area contributed by atoms with Crippen LogP contribution in [0.1, 0.15) is 43.5 Å². The highest BCUT2D eigenvalue weighted by Crippen LogP contribution is 2.15. The fourth-order valence-corrected chi connectivity index (χ4v) is 2.37. The Morgan fingerprint density at radius 2 is 2.00 bits per heavy atom. The fourth-order valence-electron chi connectivity index (χ4n) is 2.37. The van der Waals surface area contributed by atoms with Gasteiger partial charge in [0, 0.05) is 22.2 Å². The predicted octanol–water partition coefficient (Wildman–Crippen LogP) is 3.74. The molecule has 0 aliphatic heterocycles.